The number of amides is 1. The molecule has 0 spiro atoms. The number of hydrogen-bond acceptors (Lipinski definition) is 4. The molecular weight excluding hydrogens is 352 g/mol. The van der Waals surface area contributed by atoms with E-state index < -0.39 is 5.97 Å². The van der Waals surface area contributed by atoms with E-state index in [1.807, 2.05) is 12.1 Å². The molecule has 0 aromatic heterocycles. The second kappa shape index (κ2) is 7.50. The van der Waals surface area contributed by atoms with E-state index in [4.69, 9.17) is 0 Å². The fourth-order valence-corrected chi connectivity index (χ4v) is 4.31. The van der Waals surface area contributed by atoms with Crippen LogP contribution in [0.1, 0.15) is 51.8 Å². The standard InChI is InChI=1S/C23H24N2O3/c1-14-4-2-5-15(12-14)22-18-7-3-6-17(18)19-13-16(8-9-20(19)25-22)23(28)24-11-10-21(26)27/h2-6,8-9,12-13,17-18,22,25H,7,10-11H2,1H3,(H,24,28)(H,26,27)/p-1/t17-,18-,22+/m0/s1. The molecule has 2 aromatic carbocycles. The highest BCUT2D eigenvalue weighted by Gasteiger charge is 2.38. The van der Waals surface area contributed by atoms with Crippen molar-refractivity contribution in [2.75, 3.05) is 11.9 Å². The maximum atomic E-state index is 12.4. The van der Waals surface area contributed by atoms with Crippen molar-refractivity contribution in [2.45, 2.75) is 31.7 Å². The number of nitrogens with one attached hydrogen (secondary N) is 2. The number of aliphatic carboxylic acids is 1. The van der Waals surface area contributed by atoms with Crippen molar-refractivity contribution < 1.29 is 14.7 Å². The van der Waals surface area contributed by atoms with Gasteiger partial charge in [-0.05, 0) is 48.6 Å². The van der Waals surface area contributed by atoms with E-state index in [-0.39, 0.29) is 30.8 Å². The highest BCUT2D eigenvalue weighted by molar-refractivity contribution is 5.95. The molecule has 3 atom stereocenters. The van der Waals surface area contributed by atoms with Crippen molar-refractivity contribution in [3.05, 3.63) is 76.9 Å². The zero-order valence-electron chi connectivity index (χ0n) is 15.8. The molecule has 1 amide bonds. The minimum atomic E-state index is -1.17. The second-order valence-corrected chi connectivity index (χ2v) is 7.57. The quantitative estimate of drug-likeness (QED) is 0.788. The van der Waals surface area contributed by atoms with E-state index in [0.717, 1.165) is 17.7 Å². The van der Waals surface area contributed by atoms with Gasteiger partial charge in [-0.25, -0.2) is 0 Å². The third kappa shape index (κ3) is 3.52. The lowest BCUT2D eigenvalue weighted by atomic mass is 9.76. The first kappa shape index (κ1) is 18.3. The van der Waals surface area contributed by atoms with Crippen LogP contribution in [-0.2, 0) is 4.79 Å². The zero-order chi connectivity index (χ0) is 19.7. The Morgan fingerprint density at radius 2 is 2.07 bits per heavy atom. The summed E-state index contributed by atoms with van der Waals surface area (Å²) in [5.41, 5.74) is 5.25. The molecule has 144 valence electrons. The molecule has 1 aliphatic heterocycles. The Balaban J connectivity index is 1.60. The van der Waals surface area contributed by atoms with Crippen LogP contribution in [0.4, 0.5) is 5.69 Å². The van der Waals surface area contributed by atoms with Crippen LogP contribution in [0.25, 0.3) is 0 Å². The zero-order valence-corrected chi connectivity index (χ0v) is 15.8. The fourth-order valence-electron chi connectivity index (χ4n) is 4.31. The smallest absolute Gasteiger partial charge is 0.251 e. The van der Waals surface area contributed by atoms with Crippen molar-refractivity contribution >= 4 is 17.6 Å². The van der Waals surface area contributed by atoms with E-state index >= 15 is 0 Å². The summed E-state index contributed by atoms with van der Waals surface area (Å²) in [6.45, 7) is 2.17. The van der Waals surface area contributed by atoms with Crippen LogP contribution in [0.3, 0.4) is 0 Å². The van der Waals surface area contributed by atoms with Gasteiger partial charge in [-0.1, -0.05) is 42.0 Å². The van der Waals surface area contributed by atoms with Gasteiger partial charge in [0.25, 0.3) is 5.91 Å². The van der Waals surface area contributed by atoms with Gasteiger partial charge in [-0.2, -0.15) is 0 Å². The summed E-state index contributed by atoms with van der Waals surface area (Å²) in [4.78, 5) is 22.9. The van der Waals surface area contributed by atoms with E-state index in [1.54, 1.807) is 6.07 Å². The Kier molecular flexibility index (Phi) is 4.90. The maximum Gasteiger partial charge on any atom is 0.251 e. The highest BCUT2D eigenvalue weighted by atomic mass is 16.4. The van der Waals surface area contributed by atoms with Gasteiger partial charge >= 0.3 is 0 Å². The Morgan fingerprint density at radius 1 is 1.21 bits per heavy atom. The Bertz CT molecular complexity index is 951. The molecule has 0 saturated heterocycles. The number of fused-ring (bicyclic) bond motifs is 3. The van der Waals surface area contributed by atoms with Crippen molar-refractivity contribution in [3.8, 4) is 0 Å². The van der Waals surface area contributed by atoms with E-state index in [1.165, 1.54) is 11.1 Å². The normalized spacial score (nSPS) is 22.1. The molecule has 0 fully saturated rings. The van der Waals surface area contributed by atoms with Crippen LogP contribution >= 0.6 is 0 Å². The molecule has 0 bridgehead atoms. The molecule has 1 aliphatic carbocycles. The predicted octanol–water partition coefficient (Wildman–Crippen LogP) is 2.69. The van der Waals surface area contributed by atoms with Crippen LogP contribution in [0.2, 0.25) is 0 Å². The SMILES string of the molecule is Cc1cccc([C@H]2Nc3ccc(C(=O)NCCC(=O)[O-])cc3[C@H]3C=CC[C@@H]32)c1. The number of benzene rings is 2. The van der Waals surface area contributed by atoms with Gasteiger partial charge in [0.15, 0.2) is 0 Å². The molecule has 2 aliphatic rings. The van der Waals surface area contributed by atoms with Crippen LogP contribution in [0, 0.1) is 12.8 Å². The molecule has 4 rings (SSSR count). The van der Waals surface area contributed by atoms with Crippen LogP contribution in [-0.4, -0.2) is 18.4 Å². The van der Waals surface area contributed by atoms with Gasteiger partial charge in [0, 0.05) is 36.1 Å². The van der Waals surface area contributed by atoms with Gasteiger partial charge in [0.2, 0.25) is 0 Å². The summed E-state index contributed by atoms with van der Waals surface area (Å²) in [6, 6.07) is 14.5. The third-order valence-corrected chi connectivity index (χ3v) is 5.64. The average molecular weight is 375 g/mol. The van der Waals surface area contributed by atoms with Crippen molar-refractivity contribution in [1.82, 2.24) is 5.32 Å². The largest absolute Gasteiger partial charge is 0.550 e. The third-order valence-electron chi connectivity index (χ3n) is 5.64. The molecule has 1 heterocycles. The van der Waals surface area contributed by atoms with Gasteiger partial charge in [-0.3, -0.25) is 4.79 Å². The topological polar surface area (TPSA) is 81.3 Å². The molecule has 5 heteroatoms. The summed E-state index contributed by atoms with van der Waals surface area (Å²) in [7, 11) is 0. The number of carbonyl (C=O) groups is 2. The van der Waals surface area contributed by atoms with Crippen LogP contribution in [0.15, 0.2) is 54.6 Å². The first-order valence-corrected chi connectivity index (χ1v) is 9.64. The number of carboxylic acids is 1. The first-order chi connectivity index (χ1) is 13.5. The number of carboxylic acid groups (broad SMARTS) is 1. The lowest BCUT2D eigenvalue weighted by molar-refractivity contribution is -0.305. The minimum absolute atomic E-state index is 0.0674. The van der Waals surface area contributed by atoms with E-state index in [9.17, 15) is 14.7 Å². The Morgan fingerprint density at radius 3 is 2.86 bits per heavy atom. The number of hydrogen-bond donors (Lipinski definition) is 2. The number of rotatable bonds is 5. The van der Waals surface area contributed by atoms with Gasteiger partial charge in [0.05, 0.1) is 6.04 Å². The van der Waals surface area contributed by atoms with Crippen molar-refractivity contribution in [1.29, 1.82) is 0 Å². The summed E-state index contributed by atoms with van der Waals surface area (Å²) in [6.07, 6.45) is 5.27. The molecular formula is C23H23N2O3-. The molecule has 5 nitrogen and oxygen atoms in total. The predicted molar refractivity (Wildman–Crippen MR) is 106 cm³/mol. The molecule has 0 saturated carbocycles. The minimum Gasteiger partial charge on any atom is -0.550 e. The van der Waals surface area contributed by atoms with Crippen molar-refractivity contribution in [2.24, 2.45) is 5.92 Å². The van der Waals surface area contributed by atoms with E-state index in [2.05, 4.69) is 54.0 Å². The molecule has 2 N–H and O–H groups in total. The summed E-state index contributed by atoms with van der Waals surface area (Å²) in [5, 5.41) is 16.8. The first-order valence-electron chi connectivity index (χ1n) is 9.64. The number of anilines is 1. The fraction of sp³-hybridized carbons (Fsp3) is 0.304. The van der Waals surface area contributed by atoms with E-state index in [0.29, 0.717) is 11.5 Å². The number of aryl methyl sites for hydroxylation is 1. The Hall–Kier alpha value is -3.08. The lowest BCUT2D eigenvalue weighted by Gasteiger charge is -2.37. The number of allylic oxidation sites excluding steroid dienone is 2. The average Bonchev–Trinajstić information content (AvgIpc) is 3.16. The van der Waals surface area contributed by atoms with Gasteiger partial charge in [0.1, 0.15) is 0 Å². The number of carbonyl (C=O) groups excluding carboxylic acids is 2. The monoisotopic (exact) mass is 375 g/mol. The van der Waals surface area contributed by atoms with Crippen molar-refractivity contribution in [3.63, 3.8) is 0 Å². The maximum absolute atomic E-state index is 12.4. The molecule has 28 heavy (non-hydrogen) atoms. The molecule has 2 aromatic rings. The second-order valence-electron chi connectivity index (χ2n) is 7.57. The van der Waals surface area contributed by atoms with Crippen LogP contribution < -0.4 is 15.7 Å². The summed E-state index contributed by atoms with van der Waals surface area (Å²) < 4.78 is 0. The van der Waals surface area contributed by atoms with Crippen LogP contribution in [0.5, 0.6) is 0 Å². The summed E-state index contributed by atoms with van der Waals surface area (Å²) >= 11 is 0. The Labute approximate surface area is 164 Å². The summed E-state index contributed by atoms with van der Waals surface area (Å²) in [5.74, 6) is -0.761. The highest BCUT2D eigenvalue weighted by Crippen LogP contribution is 2.49. The lowest BCUT2D eigenvalue weighted by Crippen LogP contribution is -2.32. The molecule has 0 unspecified atom stereocenters. The van der Waals surface area contributed by atoms with Gasteiger partial charge < -0.3 is 20.5 Å². The van der Waals surface area contributed by atoms with Gasteiger partial charge in [-0.15, -0.1) is 0 Å². The molecule has 0 radical (unpaired) electrons.